The van der Waals surface area contributed by atoms with Crippen LogP contribution in [0.4, 0.5) is 0 Å². The van der Waals surface area contributed by atoms with Crippen molar-refractivity contribution in [1.29, 1.82) is 0 Å². The van der Waals surface area contributed by atoms with Crippen molar-refractivity contribution in [2.24, 2.45) is 0 Å². The fourth-order valence-corrected chi connectivity index (χ4v) is 6.06. The van der Waals surface area contributed by atoms with Crippen LogP contribution in [0.2, 0.25) is 5.02 Å². The normalized spacial score (nSPS) is 21.2. The second-order valence-corrected chi connectivity index (χ2v) is 17.4. The van der Waals surface area contributed by atoms with Crippen molar-refractivity contribution in [3.05, 3.63) is 102 Å². The maximum Gasteiger partial charge on any atom is 0.494 e. The molecule has 3 heterocycles. The van der Waals surface area contributed by atoms with E-state index in [1.54, 1.807) is 24.3 Å². The molecule has 0 atom stereocenters. The van der Waals surface area contributed by atoms with Gasteiger partial charge in [-0.1, -0.05) is 84.4 Å². The van der Waals surface area contributed by atoms with Gasteiger partial charge < -0.3 is 38.1 Å². The number of phenols is 2. The van der Waals surface area contributed by atoms with Crippen molar-refractivity contribution >= 4 is 38.2 Å². The highest BCUT2D eigenvalue weighted by atomic mass is 35.5. The minimum absolute atomic E-state index is 0.251. The third kappa shape index (κ3) is 8.89. The first-order valence-electron chi connectivity index (χ1n) is 18.4. The number of benzene rings is 4. The lowest BCUT2D eigenvalue weighted by atomic mass is 9.49. The van der Waals surface area contributed by atoms with Crippen LogP contribution in [0.3, 0.4) is 0 Å². The summed E-state index contributed by atoms with van der Waals surface area (Å²) in [4.78, 5) is 0. The zero-order chi connectivity index (χ0) is 39.9. The number of halogens is 1. The van der Waals surface area contributed by atoms with E-state index in [2.05, 4.69) is 0 Å². The molecule has 0 aromatic heterocycles. The van der Waals surface area contributed by atoms with E-state index in [1.807, 2.05) is 156 Å². The Morgan fingerprint density at radius 3 is 1.15 bits per heavy atom. The number of rotatable bonds is 4. The molecule has 0 unspecified atom stereocenters. The molecule has 286 valence electrons. The quantitative estimate of drug-likeness (QED) is 0.199. The summed E-state index contributed by atoms with van der Waals surface area (Å²) in [5, 5.41) is 20.4. The van der Waals surface area contributed by atoms with Crippen molar-refractivity contribution in [3.63, 3.8) is 0 Å². The predicted octanol–water partition coefficient (Wildman–Crippen LogP) is 9.32. The zero-order valence-electron chi connectivity index (χ0n) is 33.7. The summed E-state index contributed by atoms with van der Waals surface area (Å²) in [6.45, 7) is 24.3. The van der Waals surface area contributed by atoms with Crippen LogP contribution >= 0.6 is 11.6 Å². The van der Waals surface area contributed by atoms with Gasteiger partial charge in [0.05, 0.1) is 33.6 Å². The topological polar surface area (TPSA) is 95.8 Å². The molecule has 0 aliphatic carbocycles. The molecule has 3 aliphatic heterocycles. The third-order valence-electron chi connectivity index (χ3n) is 11.4. The van der Waals surface area contributed by atoms with E-state index in [1.165, 1.54) is 0 Å². The lowest BCUT2D eigenvalue weighted by Gasteiger charge is -2.32. The number of aromatic hydroxyl groups is 2. The third-order valence-corrected chi connectivity index (χ3v) is 11.7. The van der Waals surface area contributed by atoms with Gasteiger partial charge in [0, 0.05) is 16.1 Å². The minimum atomic E-state index is -0.476. The largest absolute Gasteiger partial charge is 0.507 e. The van der Waals surface area contributed by atoms with Crippen molar-refractivity contribution in [3.8, 4) is 33.8 Å². The first kappa shape index (κ1) is 41.9. The summed E-state index contributed by atoms with van der Waals surface area (Å²) in [6.07, 6.45) is 0. The summed E-state index contributed by atoms with van der Waals surface area (Å²) < 4.78 is 36.0. The summed E-state index contributed by atoms with van der Waals surface area (Å²) >= 11 is 5.86. The van der Waals surface area contributed by atoms with Gasteiger partial charge >= 0.3 is 21.1 Å². The van der Waals surface area contributed by atoms with E-state index in [0.717, 1.165) is 27.7 Å². The minimum Gasteiger partial charge on any atom is -0.507 e. The van der Waals surface area contributed by atoms with Crippen LogP contribution in [0, 0.1) is 0 Å². The molecule has 4 aromatic carbocycles. The maximum absolute atomic E-state index is 10.2. The van der Waals surface area contributed by atoms with Crippen LogP contribution in [-0.2, 0) is 27.9 Å². The molecule has 3 saturated heterocycles. The molecular formula is C42H54B3ClO8. The Labute approximate surface area is 327 Å². The Balaban J connectivity index is 0.000000160. The second-order valence-electron chi connectivity index (χ2n) is 17.0. The van der Waals surface area contributed by atoms with E-state index in [0.29, 0.717) is 5.02 Å². The molecule has 0 saturated carbocycles. The van der Waals surface area contributed by atoms with E-state index >= 15 is 0 Å². The van der Waals surface area contributed by atoms with Gasteiger partial charge in [-0.15, -0.1) is 0 Å². The Morgan fingerprint density at radius 2 is 0.759 bits per heavy atom. The van der Waals surface area contributed by atoms with Gasteiger partial charge in [0.15, 0.2) is 0 Å². The van der Waals surface area contributed by atoms with Gasteiger partial charge in [0.25, 0.3) is 0 Å². The van der Waals surface area contributed by atoms with Gasteiger partial charge in [-0.3, -0.25) is 0 Å². The molecule has 54 heavy (non-hydrogen) atoms. The van der Waals surface area contributed by atoms with Gasteiger partial charge in [-0.25, -0.2) is 0 Å². The summed E-state index contributed by atoms with van der Waals surface area (Å²) in [6, 6.07) is 30.0. The van der Waals surface area contributed by atoms with Crippen molar-refractivity contribution < 1.29 is 38.1 Å². The molecule has 7 rings (SSSR count). The molecule has 8 nitrogen and oxygen atoms in total. The second kappa shape index (κ2) is 15.3. The maximum atomic E-state index is 10.2. The molecule has 2 N–H and O–H groups in total. The Kier molecular flexibility index (Phi) is 11.9. The van der Waals surface area contributed by atoms with E-state index in [9.17, 15) is 10.2 Å². The van der Waals surface area contributed by atoms with Gasteiger partial charge in [0.1, 0.15) is 11.5 Å². The summed E-state index contributed by atoms with van der Waals surface area (Å²) in [5.74, 6) is 0.507. The molecular weight excluding hydrogens is 700 g/mol. The molecule has 0 spiro atoms. The van der Waals surface area contributed by atoms with Crippen molar-refractivity contribution in [2.45, 2.75) is 117 Å². The fourth-order valence-electron chi connectivity index (χ4n) is 5.89. The van der Waals surface area contributed by atoms with Crippen LogP contribution in [0.15, 0.2) is 97.1 Å². The first-order chi connectivity index (χ1) is 25.0. The van der Waals surface area contributed by atoms with Gasteiger partial charge in [0.2, 0.25) is 0 Å². The van der Waals surface area contributed by atoms with Gasteiger partial charge in [-0.2, -0.15) is 0 Å². The lowest BCUT2D eigenvalue weighted by molar-refractivity contribution is 0.00578. The van der Waals surface area contributed by atoms with Crippen LogP contribution < -0.4 is 5.46 Å². The standard InChI is InChI=1S/C18H21BO3.C12H24B2O4.C12H9ClO/c1-17(2)18(3,4)22-19(21-17)14-10-11-16(20)15(12-14)13-8-6-5-7-9-13;1-9(2)10(3,4)16-13(15-9)14-17-11(5,6)12(7,8)18-14;13-10-6-7-12(14)11(8-10)9-4-2-1-3-5-9/h5-12,20H,1-4H3;1-8H3;1-8,14H. The number of hydrogen-bond acceptors (Lipinski definition) is 8. The summed E-state index contributed by atoms with van der Waals surface area (Å²) in [7, 11) is -1.37. The van der Waals surface area contributed by atoms with Crippen molar-refractivity contribution in [2.75, 3.05) is 0 Å². The SMILES string of the molecule is CC1(C)OB(B2OC(C)(C)C(C)(C)O2)OC1(C)C.CC1(C)OB(c2ccc(O)c(-c3ccccc3)c2)OC1(C)C.Oc1ccc(Cl)cc1-c1ccccc1. The number of hydrogen-bond donors (Lipinski definition) is 2. The summed E-state index contributed by atoms with van der Waals surface area (Å²) in [5.41, 5.74) is 2.21. The molecule has 4 aromatic rings. The molecule has 0 bridgehead atoms. The van der Waals surface area contributed by atoms with E-state index in [-0.39, 0.29) is 45.1 Å². The Morgan fingerprint density at radius 1 is 0.426 bits per heavy atom. The predicted molar refractivity (Wildman–Crippen MR) is 220 cm³/mol. The lowest BCUT2D eigenvalue weighted by Crippen LogP contribution is -2.41. The smallest absolute Gasteiger partial charge is 0.494 e. The van der Waals surface area contributed by atoms with Crippen LogP contribution in [0.25, 0.3) is 22.3 Å². The average Bonchev–Trinajstić information content (AvgIpc) is 3.56. The monoisotopic (exact) mass is 754 g/mol. The molecule has 3 fully saturated rings. The van der Waals surface area contributed by atoms with Gasteiger partial charge in [-0.05, 0) is 124 Å². The van der Waals surface area contributed by atoms with Crippen LogP contribution in [-0.4, -0.2) is 65.0 Å². The molecule has 12 heteroatoms. The highest BCUT2D eigenvalue weighted by Crippen LogP contribution is 2.43. The molecule has 3 aliphatic rings. The fraction of sp³-hybridized carbons (Fsp3) is 0.429. The molecule has 0 amide bonds. The van der Waals surface area contributed by atoms with Crippen LogP contribution in [0.1, 0.15) is 83.1 Å². The first-order valence-corrected chi connectivity index (χ1v) is 18.8. The highest BCUT2D eigenvalue weighted by Gasteiger charge is 2.63. The zero-order valence-corrected chi connectivity index (χ0v) is 34.4. The average molecular weight is 755 g/mol. The van der Waals surface area contributed by atoms with E-state index < -0.39 is 21.1 Å². The van der Waals surface area contributed by atoms with Crippen LogP contribution in [0.5, 0.6) is 11.5 Å². The molecule has 0 radical (unpaired) electrons. The Bertz CT molecular complexity index is 1820. The van der Waals surface area contributed by atoms with E-state index in [4.69, 9.17) is 39.5 Å². The van der Waals surface area contributed by atoms with Crippen molar-refractivity contribution in [1.82, 2.24) is 0 Å². The number of phenolic OH excluding ortho intramolecular Hbond substituents is 2. The Hall–Kier alpha value is -3.28. The highest BCUT2D eigenvalue weighted by molar-refractivity contribution is 7.11.